The monoisotopic (exact) mass is 235 g/mol. The van der Waals surface area contributed by atoms with Gasteiger partial charge in [-0.15, -0.1) is 0 Å². The van der Waals surface area contributed by atoms with Gasteiger partial charge in [0, 0.05) is 18.2 Å². The molecule has 0 radical (unpaired) electrons. The fraction of sp³-hybridized carbons (Fsp3) is 0.462. The third-order valence-electron chi connectivity index (χ3n) is 3.09. The highest BCUT2D eigenvalue weighted by molar-refractivity contribution is 5.95. The second-order valence-electron chi connectivity index (χ2n) is 4.18. The predicted molar refractivity (Wildman–Crippen MR) is 72.1 cm³/mol. The molecule has 94 valence electrons. The second kappa shape index (κ2) is 5.57. The number of hydrogen-bond donors (Lipinski definition) is 2. The Hall–Kier alpha value is -1.71. The first kappa shape index (κ1) is 13.4. The van der Waals surface area contributed by atoms with Crippen LogP contribution in [0, 0.1) is 0 Å². The van der Waals surface area contributed by atoms with Gasteiger partial charge >= 0.3 is 0 Å². The summed E-state index contributed by atoms with van der Waals surface area (Å²) in [5.74, 6) is -0.425. The zero-order chi connectivity index (χ0) is 13.0. The van der Waals surface area contributed by atoms with E-state index >= 15 is 0 Å². The fourth-order valence-electron chi connectivity index (χ4n) is 1.89. The molecule has 0 aromatic heterocycles. The van der Waals surface area contributed by atoms with Crippen LogP contribution in [0.4, 0.5) is 11.4 Å². The molecule has 0 fully saturated rings. The first-order chi connectivity index (χ1) is 8.01. The zero-order valence-corrected chi connectivity index (χ0v) is 10.7. The number of amides is 1. The Morgan fingerprint density at radius 2 is 2.06 bits per heavy atom. The van der Waals surface area contributed by atoms with E-state index in [1.165, 1.54) is 0 Å². The van der Waals surface area contributed by atoms with Crippen molar-refractivity contribution in [1.29, 1.82) is 0 Å². The van der Waals surface area contributed by atoms with Gasteiger partial charge in [-0.25, -0.2) is 0 Å². The van der Waals surface area contributed by atoms with Crippen LogP contribution in [0.5, 0.6) is 0 Å². The summed E-state index contributed by atoms with van der Waals surface area (Å²) in [5, 5.41) is 0. The molecule has 0 saturated carbocycles. The summed E-state index contributed by atoms with van der Waals surface area (Å²) < 4.78 is 0. The van der Waals surface area contributed by atoms with Gasteiger partial charge in [0.1, 0.15) is 0 Å². The largest absolute Gasteiger partial charge is 0.397 e. The zero-order valence-electron chi connectivity index (χ0n) is 10.7. The summed E-state index contributed by atoms with van der Waals surface area (Å²) >= 11 is 0. The molecule has 17 heavy (non-hydrogen) atoms. The third kappa shape index (κ3) is 2.90. The molecule has 0 heterocycles. The van der Waals surface area contributed by atoms with Crippen molar-refractivity contribution in [3.8, 4) is 0 Å². The van der Waals surface area contributed by atoms with Crippen LogP contribution in [-0.4, -0.2) is 18.5 Å². The highest BCUT2D eigenvalue weighted by atomic mass is 16.1. The first-order valence-corrected chi connectivity index (χ1v) is 5.97. The number of anilines is 2. The smallest absolute Gasteiger partial charge is 0.248 e. The number of nitrogen functional groups attached to an aromatic ring is 1. The molecule has 0 bridgehead atoms. The van der Waals surface area contributed by atoms with Gasteiger partial charge in [-0.3, -0.25) is 4.79 Å². The molecule has 1 aromatic rings. The van der Waals surface area contributed by atoms with E-state index in [2.05, 4.69) is 25.7 Å². The summed E-state index contributed by atoms with van der Waals surface area (Å²) in [6, 6.07) is 5.55. The molecule has 0 saturated heterocycles. The number of hydrogen-bond acceptors (Lipinski definition) is 3. The molecule has 0 aliphatic rings. The molecule has 1 amide bonds. The number of rotatable bonds is 5. The van der Waals surface area contributed by atoms with Crippen molar-refractivity contribution < 1.29 is 4.79 Å². The average Bonchev–Trinajstić information content (AvgIpc) is 2.31. The van der Waals surface area contributed by atoms with Crippen molar-refractivity contribution >= 4 is 17.3 Å². The standard InChI is InChI=1S/C13H21N3O/c1-4-9(3)16(5-2)12-8-10(13(15)17)6-7-11(12)14/h6-9H,4-5,14H2,1-3H3,(H2,15,17). The maximum absolute atomic E-state index is 11.2. The molecule has 0 aliphatic carbocycles. The summed E-state index contributed by atoms with van der Waals surface area (Å²) in [5.41, 5.74) is 13.3. The maximum atomic E-state index is 11.2. The van der Waals surface area contributed by atoms with Crippen molar-refractivity contribution in [2.24, 2.45) is 5.73 Å². The Bertz CT molecular complexity index is 404. The van der Waals surface area contributed by atoms with E-state index in [-0.39, 0.29) is 0 Å². The van der Waals surface area contributed by atoms with Gasteiger partial charge in [0.2, 0.25) is 5.91 Å². The van der Waals surface area contributed by atoms with Gasteiger partial charge in [-0.1, -0.05) is 6.92 Å². The number of benzene rings is 1. The molecule has 1 aromatic carbocycles. The van der Waals surface area contributed by atoms with Crippen molar-refractivity contribution in [2.45, 2.75) is 33.2 Å². The number of nitrogens with two attached hydrogens (primary N) is 2. The van der Waals surface area contributed by atoms with E-state index in [0.717, 1.165) is 18.7 Å². The Morgan fingerprint density at radius 3 is 2.53 bits per heavy atom. The van der Waals surface area contributed by atoms with Crippen LogP contribution in [0.15, 0.2) is 18.2 Å². The highest BCUT2D eigenvalue weighted by Gasteiger charge is 2.15. The van der Waals surface area contributed by atoms with E-state index in [0.29, 0.717) is 17.3 Å². The van der Waals surface area contributed by atoms with E-state index in [1.54, 1.807) is 18.2 Å². The number of carbonyl (C=O) groups excluding carboxylic acids is 1. The van der Waals surface area contributed by atoms with Gasteiger partial charge in [-0.2, -0.15) is 0 Å². The molecule has 1 atom stereocenters. The molecule has 0 aliphatic heterocycles. The van der Waals surface area contributed by atoms with Crippen molar-refractivity contribution in [1.82, 2.24) is 0 Å². The number of primary amides is 1. The Morgan fingerprint density at radius 1 is 1.41 bits per heavy atom. The maximum Gasteiger partial charge on any atom is 0.248 e. The topological polar surface area (TPSA) is 72.3 Å². The van der Waals surface area contributed by atoms with Crippen LogP contribution in [-0.2, 0) is 0 Å². The normalized spacial score (nSPS) is 12.2. The molecular weight excluding hydrogens is 214 g/mol. The van der Waals surface area contributed by atoms with E-state index in [9.17, 15) is 4.79 Å². The van der Waals surface area contributed by atoms with Gasteiger partial charge in [0.25, 0.3) is 0 Å². The number of nitrogens with zero attached hydrogens (tertiary/aromatic N) is 1. The molecule has 4 heteroatoms. The number of carbonyl (C=O) groups is 1. The van der Waals surface area contributed by atoms with E-state index in [4.69, 9.17) is 11.5 Å². The van der Waals surface area contributed by atoms with Crippen LogP contribution in [0.25, 0.3) is 0 Å². The summed E-state index contributed by atoms with van der Waals surface area (Å²) in [4.78, 5) is 13.4. The molecule has 4 nitrogen and oxygen atoms in total. The van der Waals surface area contributed by atoms with Crippen LogP contribution in [0.2, 0.25) is 0 Å². The second-order valence-corrected chi connectivity index (χ2v) is 4.18. The molecule has 4 N–H and O–H groups in total. The fourth-order valence-corrected chi connectivity index (χ4v) is 1.89. The third-order valence-corrected chi connectivity index (χ3v) is 3.09. The lowest BCUT2D eigenvalue weighted by molar-refractivity contribution is 0.100. The lowest BCUT2D eigenvalue weighted by Crippen LogP contribution is -2.33. The Labute approximate surface area is 103 Å². The molecule has 1 unspecified atom stereocenters. The summed E-state index contributed by atoms with van der Waals surface area (Å²) in [6.07, 6.45) is 1.02. The van der Waals surface area contributed by atoms with Crippen molar-refractivity contribution in [3.63, 3.8) is 0 Å². The lowest BCUT2D eigenvalue weighted by Gasteiger charge is -2.30. The minimum absolute atomic E-state index is 0.380. The average molecular weight is 235 g/mol. The van der Waals surface area contributed by atoms with Crippen LogP contribution >= 0.6 is 0 Å². The summed E-state index contributed by atoms with van der Waals surface area (Å²) in [6.45, 7) is 7.19. The van der Waals surface area contributed by atoms with E-state index in [1.807, 2.05) is 0 Å². The molecule has 0 spiro atoms. The quantitative estimate of drug-likeness (QED) is 0.767. The SMILES string of the molecule is CCC(C)N(CC)c1cc(C(N)=O)ccc1N. The first-order valence-electron chi connectivity index (χ1n) is 5.97. The molecular formula is C13H21N3O. The van der Waals surface area contributed by atoms with Gasteiger partial charge in [-0.05, 0) is 38.5 Å². The highest BCUT2D eigenvalue weighted by Crippen LogP contribution is 2.26. The predicted octanol–water partition coefficient (Wildman–Crippen LogP) is 1.99. The minimum atomic E-state index is -0.425. The van der Waals surface area contributed by atoms with Gasteiger partial charge in [0.15, 0.2) is 0 Å². The molecule has 1 rings (SSSR count). The van der Waals surface area contributed by atoms with Gasteiger partial charge in [0.05, 0.1) is 11.4 Å². The van der Waals surface area contributed by atoms with Crippen LogP contribution in [0.3, 0.4) is 0 Å². The Balaban J connectivity index is 3.17. The van der Waals surface area contributed by atoms with E-state index < -0.39 is 5.91 Å². The lowest BCUT2D eigenvalue weighted by atomic mass is 10.1. The minimum Gasteiger partial charge on any atom is -0.397 e. The van der Waals surface area contributed by atoms with Crippen LogP contribution in [0.1, 0.15) is 37.6 Å². The van der Waals surface area contributed by atoms with Crippen molar-refractivity contribution in [3.05, 3.63) is 23.8 Å². The summed E-state index contributed by atoms with van der Waals surface area (Å²) in [7, 11) is 0. The Kier molecular flexibility index (Phi) is 4.37. The van der Waals surface area contributed by atoms with Gasteiger partial charge < -0.3 is 16.4 Å². The van der Waals surface area contributed by atoms with Crippen molar-refractivity contribution in [2.75, 3.05) is 17.2 Å². The van der Waals surface area contributed by atoms with Crippen LogP contribution < -0.4 is 16.4 Å².